The Kier molecular flexibility index (Phi) is 4.66. The van der Waals surface area contributed by atoms with Crippen molar-refractivity contribution < 1.29 is 9.18 Å². The molecule has 1 unspecified atom stereocenters. The summed E-state index contributed by atoms with van der Waals surface area (Å²) in [6.07, 6.45) is 4.46. The first kappa shape index (κ1) is 19.3. The lowest BCUT2D eigenvalue weighted by atomic mass is 9.97. The number of fused-ring (bicyclic) bond motifs is 3. The highest BCUT2D eigenvalue weighted by atomic mass is 19.1. The normalized spacial score (nSPS) is 23.8. The third-order valence-corrected chi connectivity index (χ3v) is 7.13. The van der Waals surface area contributed by atoms with Gasteiger partial charge in [0.1, 0.15) is 5.82 Å². The van der Waals surface area contributed by atoms with Gasteiger partial charge < -0.3 is 14.8 Å². The first-order chi connectivity index (χ1) is 14.4. The quantitative estimate of drug-likeness (QED) is 0.689. The van der Waals surface area contributed by atoms with E-state index in [0.29, 0.717) is 17.6 Å². The molecule has 2 aliphatic rings. The molecule has 0 radical (unpaired) electrons. The maximum atomic E-state index is 13.6. The average Bonchev–Trinajstić information content (AvgIpc) is 3.10. The minimum Gasteiger partial charge on any atom is -0.349 e. The molecule has 2 fully saturated rings. The molecule has 0 spiro atoms. The largest absolute Gasteiger partial charge is 0.349 e. The molecule has 3 atom stereocenters. The molecule has 0 saturated carbocycles. The molecule has 156 valence electrons. The smallest absolute Gasteiger partial charge is 0.254 e. The van der Waals surface area contributed by atoms with Crippen LogP contribution in [0.4, 0.5) is 4.39 Å². The standard InChI is InChI=1S/C25H28FN3O/c1-15-4-11-22-21(12-15)23(24(29(22)3)16-5-7-17(26)8-6-16)25(30)27-18-13-19-9-10-20(14-18)28(19)2/h4-8,11-12,18-20H,9-10,13-14H2,1-3H3,(H,27,30)/t18?,19-,20+. The molecule has 2 aliphatic heterocycles. The molecule has 2 bridgehead atoms. The number of rotatable bonds is 3. The Hall–Kier alpha value is -2.66. The van der Waals surface area contributed by atoms with Crippen molar-refractivity contribution in [2.75, 3.05) is 7.05 Å². The molecule has 2 saturated heterocycles. The van der Waals surface area contributed by atoms with E-state index in [-0.39, 0.29) is 17.8 Å². The number of nitrogens with one attached hydrogen (secondary N) is 1. The number of benzene rings is 2. The molecular formula is C25H28FN3O. The van der Waals surface area contributed by atoms with Crippen LogP contribution < -0.4 is 5.32 Å². The van der Waals surface area contributed by atoms with Crippen LogP contribution in [0.15, 0.2) is 42.5 Å². The second-order valence-electron chi connectivity index (χ2n) is 9.00. The van der Waals surface area contributed by atoms with Gasteiger partial charge in [0.05, 0.1) is 11.3 Å². The second-order valence-corrected chi connectivity index (χ2v) is 9.00. The topological polar surface area (TPSA) is 37.3 Å². The number of piperidine rings is 1. The van der Waals surface area contributed by atoms with Crippen LogP contribution in [0.5, 0.6) is 0 Å². The number of aromatic nitrogens is 1. The predicted octanol–water partition coefficient (Wildman–Crippen LogP) is 4.65. The molecule has 4 nitrogen and oxygen atoms in total. The zero-order valence-electron chi connectivity index (χ0n) is 17.8. The zero-order valence-corrected chi connectivity index (χ0v) is 17.8. The van der Waals surface area contributed by atoms with Crippen molar-refractivity contribution >= 4 is 16.8 Å². The number of amides is 1. The SMILES string of the molecule is Cc1ccc2c(c1)c(C(=O)NC1C[C@H]3CC[C@@H](C1)N3C)c(-c1ccc(F)cc1)n2C. The number of carbonyl (C=O) groups is 1. The number of hydrogen-bond acceptors (Lipinski definition) is 2. The third-order valence-electron chi connectivity index (χ3n) is 7.13. The van der Waals surface area contributed by atoms with Crippen LogP contribution in [0.25, 0.3) is 22.2 Å². The van der Waals surface area contributed by atoms with Crippen LogP contribution in [0, 0.1) is 12.7 Å². The van der Waals surface area contributed by atoms with E-state index in [1.165, 1.54) is 25.0 Å². The highest BCUT2D eigenvalue weighted by Crippen LogP contribution is 2.36. The van der Waals surface area contributed by atoms with Gasteiger partial charge in [-0.15, -0.1) is 0 Å². The van der Waals surface area contributed by atoms with E-state index in [4.69, 9.17) is 0 Å². The van der Waals surface area contributed by atoms with E-state index in [2.05, 4.69) is 40.0 Å². The number of aryl methyl sites for hydroxylation is 2. The number of hydrogen-bond donors (Lipinski definition) is 1. The third kappa shape index (κ3) is 3.12. The van der Waals surface area contributed by atoms with Crippen molar-refractivity contribution in [1.82, 2.24) is 14.8 Å². The molecule has 30 heavy (non-hydrogen) atoms. The van der Waals surface area contributed by atoms with Gasteiger partial charge in [-0.05, 0) is 81.6 Å². The maximum absolute atomic E-state index is 13.6. The lowest BCUT2D eigenvalue weighted by molar-refractivity contribution is 0.0884. The monoisotopic (exact) mass is 405 g/mol. The zero-order chi connectivity index (χ0) is 21.0. The summed E-state index contributed by atoms with van der Waals surface area (Å²) >= 11 is 0. The Bertz CT molecular complexity index is 1100. The van der Waals surface area contributed by atoms with Gasteiger partial charge in [0.15, 0.2) is 0 Å². The van der Waals surface area contributed by atoms with E-state index in [1.807, 2.05) is 14.0 Å². The Balaban J connectivity index is 1.57. The van der Waals surface area contributed by atoms with E-state index >= 15 is 0 Å². The van der Waals surface area contributed by atoms with E-state index in [1.54, 1.807) is 12.1 Å². The maximum Gasteiger partial charge on any atom is 0.254 e. The Morgan fingerprint density at radius 1 is 1.03 bits per heavy atom. The molecule has 3 aromatic rings. The first-order valence-corrected chi connectivity index (χ1v) is 10.8. The van der Waals surface area contributed by atoms with Gasteiger partial charge in [-0.2, -0.15) is 0 Å². The summed E-state index contributed by atoms with van der Waals surface area (Å²) in [7, 11) is 4.18. The molecule has 1 amide bonds. The molecule has 3 heterocycles. The van der Waals surface area contributed by atoms with E-state index in [9.17, 15) is 9.18 Å². The number of nitrogens with zero attached hydrogens (tertiary/aromatic N) is 2. The van der Waals surface area contributed by atoms with Gasteiger partial charge in [0, 0.05) is 36.1 Å². The van der Waals surface area contributed by atoms with E-state index in [0.717, 1.165) is 40.6 Å². The van der Waals surface area contributed by atoms with Gasteiger partial charge in [-0.1, -0.05) is 11.6 Å². The number of carbonyl (C=O) groups excluding carboxylic acids is 1. The Labute approximate surface area is 176 Å². The van der Waals surface area contributed by atoms with Crippen molar-refractivity contribution in [2.24, 2.45) is 7.05 Å². The fourth-order valence-electron chi connectivity index (χ4n) is 5.52. The summed E-state index contributed by atoms with van der Waals surface area (Å²) in [5.41, 5.74) is 4.50. The molecule has 2 aromatic carbocycles. The predicted molar refractivity (Wildman–Crippen MR) is 118 cm³/mol. The van der Waals surface area contributed by atoms with Crippen molar-refractivity contribution in [1.29, 1.82) is 0 Å². The number of halogens is 1. The summed E-state index contributed by atoms with van der Waals surface area (Å²) in [6.45, 7) is 2.04. The lowest BCUT2D eigenvalue weighted by Crippen LogP contribution is -2.48. The van der Waals surface area contributed by atoms with E-state index < -0.39 is 0 Å². The minimum atomic E-state index is -0.277. The van der Waals surface area contributed by atoms with Crippen molar-refractivity contribution in [3.63, 3.8) is 0 Å². The average molecular weight is 406 g/mol. The molecule has 5 rings (SSSR count). The highest BCUT2D eigenvalue weighted by molar-refractivity contribution is 6.13. The Morgan fingerprint density at radius 3 is 2.37 bits per heavy atom. The molecular weight excluding hydrogens is 377 g/mol. The van der Waals surface area contributed by atoms with Crippen LogP contribution in [0.2, 0.25) is 0 Å². The minimum absolute atomic E-state index is 0.0283. The molecule has 1 N–H and O–H groups in total. The fourth-order valence-corrected chi connectivity index (χ4v) is 5.52. The summed E-state index contributed by atoms with van der Waals surface area (Å²) in [6, 6.07) is 14.0. The molecule has 1 aromatic heterocycles. The van der Waals surface area contributed by atoms with Gasteiger partial charge in [-0.3, -0.25) is 4.79 Å². The summed E-state index contributed by atoms with van der Waals surface area (Å²) in [5.74, 6) is -0.305. The fraction of sp³-hybridized carbons (Fsp3) is 0.400. The first-order valence-electron chi connectivity index (χ1n) is 10.8. The Morgan fingerprint density at radius 2 is 1.70 bits per heavy atom. The van der Waals surface area contributed by atoms with Gasteiger partial charge in [0.2, 0.25) is 0 Å². The van der Waals surface area contributed by atoms with Crippen molar-refractivity contribution in [2.45, 2.75) is 50.7 Å². The summed E-state index contributed by atoms with van der Waals surface area (Å²) < 4.78 is 15.6. The van der Waals surface area contributed by atoms with Crippen LogP contribution in [-0.2, 0) is 7.05 Å². The lowest BCUT2D eigenvalue weighted by Gasteiger charge is -2.36. The summed E-state index contributed by atoms with van der Waals surface area (Å²) in [5, 5.41) is 4.30. The van der Waals surface area contributed by atoms with Gasteiger partial charge in [0.25, 0.3) is 5.91 Å². The van der Waals surface area contributed by atoms with Crippen LogP contribution in [0.1, 0.15) is 41.6 Å². The van der Waals surface area contributed by atoms with Gasteiger partial charge in [-0.25, -0.2) is 4.39 Å². The second kappa shape index (κ2) is 7.24. The van der Waals surface area contributed by atoms with Crippen LogP contribution >= 0.6 is 0 Å². The van der Waals surface area contributed by atoms with Crippen molar-refractivity contribution in [3.05, 3.63) is 59.4 Å². The highest BCUT2D eigenvalue weighted by Gasteiger charge is 2.39. The molecule has 0 aliphatic carbocycles. The van der Waals surface area contributed by atoms with Crippen molar-refractivity contribution in [3.8, 4) is 11.3 Å². The summed E-state index contributed by atoms with van der Waals surface area (Å²) in [4.78, 5) is 16.1. The van der Waals surface area contributed by atoms with Crippen LogP contribution in [0.3, 0.4) is 0 Å². The molecule has 5 heteroatoms. The van der Waals surface area contributed by atoms with Gasteiger partial charge >= 0.3 is 0 Å². The van der Waals surface area contributed by atoms with Crippen LogP contribution in [-0.4, -0.2) is 40.5 Å².